The third-order valence-electron chi connectivity index (χ3n) is 12.6. The second-order valence-corrected chi connectivity index (χ2v) is 19.4. The van der Waals surface area contributed by atoms with Crippen LogP contribution < -0.4 is 25.6 Å². The van der Waals surface area contributed by atoms with Gasteiger partial charge >= 0.3 is 0 Å². The predicted octanol–water partition coefficient (Wildman–Crippen LogP) is 12.2. The van der Waals surface area contributed by atoms with Gasteiger partial charge in [-0.25, -0.2) is 0 Å². The first kappa shape index (κ1) is 32.9. The lowest BCUT2D eigenvalue weighted by atomic mass is 9.90. The fraction of sp³-hybridized carbons (Fsp3) is 0. The van der Waals surface area contributed by atoms with Crippen molar-refractivity contribution in [3.05, 3.63) is 224 Å². The molecule has 1 aliphatic rings. The number of benzene rings is 11. The van der Waals surface area contributed by atoms with Gasteiger partial charge in [-0.05, 0) is 135 Å². The standard InChI is InChI=1S/C56H37NSi/c1-4-16-46(17-5-1)57(47-30-28-38-14-10-11-15-39(38)34-47)48-35-43-26-24-41-32-45(33-42-25-27-44(36-48)56(43)55(41)42)40-29-31-52-51-22-12-13-23-53(51)58(54(52)37-40,49-18-6-2-7-19-49)50-20-8-3-9-21-50/h1-37H. The van der Waals surface area contributed by atoms with Gasteiger partial charge in [-0.3, -0.25) is 0 Å². The summed E-state index contributed by atoms with van der Waals surface area (Å²) in [5.41, 5.74) is 8.67. The van der Waals surface area contributed by atoms with Crippen LogP contribution in [0.2, 0.25) is 0 Å². The van der Waals surface area contributed by atoms with Gasteiger partial charge in [-0.15, -0.1) is 0 Å². The van der Waals surface area contributed by atoms with Gasteiger partial charge in [0.15, 0.2) is 8.07 Å². The second kappa shape index (κ2) is 12.9. The molecule has 0 atom stereocenters. The molecule has 11 aromatic rings. The molecule has 270 valence electrons. The zero-order valence-electron chi connectivity index (χ0n) is 31.8. The quantitative estimate of drug-likeness (QED) is 0.121. The number of anilines is 3. The SMILES string of the molecule is c1ccc(N(c2ccc3ccccc3c2)c2cc3ccc4cc(-c5ccc6c(c5)[Si](c5ccccc5)(c5ccccc5)c5ccccc5-6)cc5ccc(c2)c3c45)cc1. The molecule has 1 nitrogen and oxygen atoms in total. The van der Waals surface area contributed by atoms with E-state index in [1.807, 2.05) is 0 Å². The molecule has 11 aromatic carbocycles. The number of nitrogens with zero attached hydrogens (tertiary/aromatic N) is 1. The van der Waals surface area contributed by atoms with Gasteiger partial charge in [0.05, 0.1) is 0 Å². The van der Waals surface area contributed by atoms with E-state index in [4.69, 9.17) is 0 Å². The smallest absolute Gasteiger partial charge is 0.180 e. The molecule has 0 saturated heterocycles. The number of rotatable bonds is 6. The van der Waals surface area contributed by atoms with Gasteiger partial charge in [0.2, 0.25) is 0 Å². The first-order chi connectivity index (χ1) is 28.7. The molecule has 0 fully saturated rings. The Balaban J connectivity index is 1.02. The summed E-state index contributed by atoms with van der Waals surface area (Å²) in [6.45, 7) is 0. The van der Waals surface area contributed by atoms with Gasteiger partial charge in [-0.1, -0.05) is 176 Å². The molecule has 0 bridgehead atoms. The molecule has 12 rings (SSSR count). The van der Waals surface area contributed by atoms with Gasteiger partial charge < -0.3 is 4.90 Å². The van der Waals surface area contributed by atoms with Gasteiger partial charge in [-0.2, -0.15) is 0 Å². The fourth-order valence-corrected chi connectivity index (χ4v) is 15.3. The lowest BCUT2D eigenvalue weighted by Crippen LogP contribution is -2.72. The summed E-state index contributed by atoms with van der Waals surface area (Å²) in [4.78, 5) is 2.39. The van der Waals surface area contributed by atoms with E-state index >= 15 is 0 Å². The summed E-state index contributed by atoms with van der Waals surface area (Å²) in [5.74, 6) is 0. The van der Waals surface area contributed by atoms with Crippen LogP contribution in [0.3, 0.4) is 0 Å². The molecule has 0 amide bonds. The monoisotopic (exact) mass is 751 g/mol. The fourth-order valence-electron chi connectivity index (χ4n) is 10.1. The van der Waals surface area contributed by atoms with Crippen LogP contribution in [0.4, 0.5) is 17.1 Å². The molecule has 0 N–H and O–H groups in total. The molecule has 2 heteroatoms. The summed E-state index contributed by atoms with van der Waals surface area (Å²) >= 11 is 0. The van der Waals surface area contributed by atoms with Crippen LogP contribution in [0.1, 0.15) is 0 Å². The van der Waals surface area contributed by atoms with Crippen molar-refractivity contribution in [1.82, 2.24) is 0 Å². The van der Waals surface area contributed by atoms with E-state index in [2.05, 4.69) is 229 Å². The van der Waals surface area contributed by atoms with Gasteiger partial charge in [0.25, 0.3) is 0 Å². The van der Waals surface area contributed by atoms with E-state index in [-0.39, 0.29) is 0 Å². The Bertz CT molecular complexity index is 3230. The van der Waals surface area contributed by atoms with Crippen molar-refractivity contribution in [2.75, 3.05) is 4.90 Å². The van der Waals surface area contributed by atoms with Crippen LogP contribution in [0.15, 0.2) is 224 Å². The third-order valence-corrected chi connectivity index (χ3v) is 17.4. The number of para-hydroxylation sites is 1. The normalized spacial score (nSPS) is 13.0. The van der Waals surface area contributed by atoms with Gasteiger partial charge in [0, 0.05) is 17.1 Å². The number of hydrogen-bond acceptors (Lipinski definition) is 1. The summed E-state index contributed by atoms with van der Waals surface area (Å²) in [7, 11) is -2.59. The van der Waals surface area contributed by atoms with Crippen LogP contribution >= 0.6 is 0 Å². The Morgan fingerprint density at radius 2 is 0.776 bits per heavy atom. The summed E-state index contributed by atoms with van der Waals surface area (Å²) in [6.07, 6.45) is 0. The molecule has 0 unspecified atom stereocenters. The van der Waals surface area contributed by atoms with E-state index in [0.717, 1.165) is 17.1 Å². The van der Waals surface area contributed by atoms with E-state index in [9.17, 15) is 0 Å². The first-order valence-electron chi connectivity index (χ1n) is 20.2. The lowest BCUT2D eigenvalue weighted by Gasteiger charge is -2.31. The highest BCUT2D eigenvalue weighted by Crippen LogP contribution is 2.43. The van der Waals surface area contributed by atoms with Crippen molar-refractivity contribution < 1.29 is 0 Å². The topological polar surface area (TPSA) is 3.24 Å². The van der Waals surface area contributed by atoms with Crippen LogP contribution in [-0.4, -0.2) is 8.07 Å². The van der Waals surface area contributed by atoms with E-state index in [1.54, 1.807) is 0 Å². The van der Waals surface area contributed by atoms with Crippen molar-refractivity contribution in [3.63, 3.8) is 0 Å². The summed E-state index contributed by atoms with van der Waals surface area (Å²) < 4.78 is 0. The third kappa shape index (κ3) is 4.89. The molecule has 0 saturated carbocycles. The van der Waals surface area contributed by atoms with E-state index in [0.29, 0.717) is 0 Å². The van der Waals surface area contributed by atoms with Crippen molar-refractivity contribution in [2.24, 2.45) is 0 Å². The average molecular weight is 752 g/mol. The van der Waals surface area contributed by atoms with Gasteiger partial charge in [0.1, 0.15) is 0 Å². The van der Waals surface area contributed by atoms with Crippen molar-refractivity contribution in [1.29, 1.82) is 0 Å². The number of fused-ring (bicyclic) bond motifs is 4. The Hall–Kier alpha value is -7.26. The molecular formula is C56H37NSi. The Morgan fingerprint density at radius 3 is 1.43 bits per heavy atom. The maximum atomic E-state index is 2.53. The molecule has 0 radical (unpaired) electrons. The zero-order chi connectivity index (χ0) is 38.2. The molecule has 58 heavy (non-hydrogen) atoms. The highest BCUT2D eigenvalue weighted by Gasteiger charge is 2.48. The molecule has 0 aliphatic carbocycles. The lowest BCUT2D eigenvalue weighted by molar-refractivity contribution is 1.30. The Morgan fingerprint density at radius 1 is 0.276 bits per heavy atom. The summed E-state index contributed by atoms with van der Waals surface area (Å²) in [6, 6.07) is 83.9. The number of hydrogen-bond donors (Lipinski definition) is 0. The molecule has 0 aromatic heterocycles. The highest BCUT2D eigenvalue weighted by atomic mass is 28.3. The molecule has 1 aliphatic heterocycles. The maximum absolute atomic E-state index is 2.59. The Labute approximate surface area is 339 Å². The maximum Gasteiger partial charge on any atom is 0.180 e. The highest BCUT2D eigenvalue weighted by molar-refractivity contribution is 7.22. The largest absolute Gasteiger partial charge is 0.310 e. The van der Waals surface area contributed by atoms with Crippen LogP contribution in [0.5, 0.6) is 0 Å². The minimum Gasteiger partial charge on any atom is -0.310 e. The molecule has 1 heterocycles. The van der Waals surface area contributed by atoms with Crippen LogP contribution in [0.25, 0.3) is 65.3 Å². The van der Waals surface area contributed by atoms with E-state index < -0.39 is 8.07 Å². The van der Waals surface area contributed by atoms with Crippen molar-refractivity contribution in [2.45, 2.75) is 0 Å². The first-order valence-corrected chi connectivity index (χ1v) is 22.2. The summed E-state index contributed by atoms with van der Waals surface area (Å²) in [5, 5.41) is 15.9. The van der Waals surface area contributed by atoms with Crippen molar-refractivity contribution >= 4 is 89.0 Å². The predicted molar refractivity (Wildman–Crippen MR) is 250 cm³/mol. The Kier molecular flexibility index (Phi) is 7.32. The second-order valence-electron chi connectivity index (χ2n) is 15.7. The van der Waals surface area contributed by atoms with Crippen molar-refractivity contribution in [3.8, 4) is 22.3 Å². The average Bonchev–Trinajstić information content (AvgIpc) is 3.59. The molecular weight excluding hydrogens is 715 g/mol. The van der Waals surface area contributed by atoms with Crippen LogP contribution in [-0.2, 0) is 0 Å². The van der Waals surface area contributed by atoms with E-state index in [1.165, 1.54) is 86.1 Å². The zero-order valence-corrected chi connectivity index (χ0v) is 32.8. The molecule has 0 spiro atoms. The van der Waals surface area contributed by atoms with Crippen LogP contribution in [0, 0.1) is 0 Å². The minimum atomic E-state index is -2.59. The minimum absolute atomic E-state index is 1.14.